The highest BCUT2D eigenvalue weighted by molar-refractivity contribution is 6.29. The summed E-state index contributed by atoms with van der Waals surface area (Å²) in [5, 5.41) is 4.39. The fraction of sp³-hybridized carbons (Fsp3) is 0.389. The predicted molar refractivity (Wildman–Crippen MR) is 93.8 cm³/mol. The zero-order chi connectivity index (χ0) is 17.1. The number of nitrogens with one attached hydrogen (secondary N) is 1. The molecule has 3 rings (SSSR count). The molecule has 1 aromatic carbocycles. The number of ether oxygens (including phenoxy) is 1. The largest absolute Gasteiger partial charge is 0.377 e. The Hall–Kier alpha value is -1.69. The maximum absolute atomic E-state index is 13.6. The summed E-state index contributed by atoms with van der Waals surface area (Å²) in [5.74, 6) is -0.389. The SMILES string of the molecule is C=C(Cl)Cn1c(=O)c(CNCC2CCCO2)cc2ccc(F)cc21. The summed E-state index contributed by atoms with van der Waals surface area (Å²) in [6, 6.07) is 6.20. The molecule has 1 saturated heterocycles. The number of rotatable bonds is 6. The van der Waals surface area contributed by atoms with Gasteiger partial charge in [-0.15, -0.1) is 0 Å². The van der Waals surface area contributed by atoms with Crippen LogP contribution < -0.4 is 10.9 Å². The second-order valence-corrected chi connectivity index (χ2v) is 6.58. The average molecular weight is 351 g/mol. The Morgan fingerprint density at radius 2 is 2.29 bits per heavy atom. The molecule has 2 heterocycles. The number of benzene rings is 1. The summed E-state index contributed by atoms with van der Waals surface area (Å²) >= 11 is 5.89. The van der Waals surface area contributed by atoms with Gasteiger partial charge >= 0.3 is 0 Å². The molecule has 1 fully saturated rings. The molecule has 0 spiro atoms. The Balaban J connectivity index is 1.89. The summed E-state index contributed by atoms with van der Waals surface area (Å²) in [7, 11) is 0. The lowest BCUT2D eigenvalue weighted by molar-refractivity contribution is 0.110. The van der Waals surface area contributed by atoms with E-state index in [1.165, 1.54) is 16.7 Å². The number of nitrogens with zero attached hydrogens (tertiary/aromatic N) is 1. The minimum atomic E-state index is -0.389. The van der Waals surface area contributed by atoms with E-state index in [4.69, 9.17) is 16.3 Å². The van der Waals surface area contributed by atoms with Crippen LogP contribution in [0.2, 0.25) is 0 Å². The maximum Gasteiger partial charge on any atom is 0.255 e. The first-order valence-electron chi connectivity index (χ1n) is 8.02. The molecule has 24 heavy (non-hydrogen) atoms. The summed E-state index contributed by atoms with van der Waals surface area (Å²) < 4.78 is 20.6. The van der Waals surface area contributed by atoms with Crippen LogP contribution in [0.4, 0.5) is 4.39 Å². The van der Waals surface area contributed by atoms with Crippen molar-refractivity contribution in [1.29, 1.82) is 0 Å². The molecule has 1 atom stereocenters. The van der Waals surface area contributed by atoms with Crippen LogP contribution in [-0.4, -0.2) is 23.8 Å². The van der Waals surface area contributed by atoms with Gasteiger partial charge in [-0.05, 0) is 42.5 Å². The molecule has 0 amide bonds. The van der Waals surface area contributed by atoms with Crippen LogP contribution in [-0.2, 0) is 17.8 Å². The van der Waals surface area contributed by atoms with E-state index in [0.717, 1.165) is 24.8 Å². The van der Waals surface area contributed by atoms with Gasteiger partial charge in [-0.1, -0.05) is 18.2 Å². The van der Waals surface area contributed by atoms with Crippen molar-refractivity contribution in [1.82, 2.24) is 9.88 Å². The molecule has 2 aromatic rings. The monoisotopic (exact) mass is 350 g/mol. The summed E-state index contributed by atoms with van der Waals surface area (Å²) in [5.41, 5.74) is 0.949. The molecule has 0 aliphatic carbocycles. The van der Waals surface area contributed by atoms with Gasteiger partial charge in [0, 0.05) is 30.3 Å². The Bertz CT molecular complexity index is 813. The summed E-state index contributed by atoms with van der Waals surface area (Å²) in [6.45, 7) is 5.74. The molecule has 128 valence electrons. The number of hydrogen-bond donors (Lipinski definition) is 1. The first-order valence-corrected chi connectivity index (χ1v) is 8.40. The molecule has 0 radical (unpaired) electrons. The van der Waals surface area contributed by atoms with Crippen LogP contribution in [0, 0.1) is 5.82 Å². The van der Waals surface area contributed by atoms with Gasteiger partial charge in [-0.2, -0.15) is 0 Å². The minimum absolute atomic E-state index is 0.153. The van der Waals surface area contributed by atoms with Crippen molar-refractivity contribution in [3.8, 4) is 0 Å². The maximum atomic E-state index is 13.6. The van der Waals surface area contributed by atoms with Gasteiger partial charge in [0.05, 0.1) is 18.2 Å². The fourth-order valence-corrected chi connectivity index (χ4v) is 3.15. The second kappa shape index (κ2) is 7.47. The summed E-state index contributed by atoms with van der Waals surface area (Å²) in [4.78, 5) is 12.7. The van der Waals surface area contributed by atoms with Gasteiger partial charge in [-0.25, -0.2) is 4.39 Å². The molecular formula is C18H20ClFN2O2. The highest BCUT2D eigenvalue weighted by Gasteiger charge is 2.15. The zero-order valence-corrected chi connectivity index (χ0v) is 14.1. The highest BCUT2D eigenvalue weighted by atomic mass is 35.5. The molecular weight excluding hydrogens is 331 g/mol. The van der Waals surface area contributed by atoms with Crippen molar-refractivity contribution in [3.63, 3.8) is 0 Å². The smallest absolute Gasteiger partial charge is 0.255 e. The van der Waals surface area contributed by atoms with Crippen LogP contribution in [0.25, 0.3) is 10.9 Å². The van der Waals surface area contributed by atoms with E-state index in [1.54, 1.807) is 12.1 Å². The average Bonchev–Trinajstić information content (AvgIpc) is 3.04. The first-order chi connectivity index (χ1) is 11.5. The van der Waals surface area contributed by atoms with Crippen molar-refractivity contribution in [2.75, 3.05) is 13.2 Å². The third kappa shape index (κ3) is 3.86. The van der Waals surface area contributed by atoms with E-state index in [0.29, 0.717) is 29.2 Å². The topological polar surface area (TPSA) is 43.3 Å². The fourth-order valence-electron chi connectivity index (χ4n) is 3.03. The Morgan fingerprint density at radius 3 is 3.00 bits per heavy atom. The van der Waals surface area contributed by atoms with Crippen LogP contribution in [0.5, 0.6) is 0 Å². The van der Waals surface area contributed by atoms with E-state index in [9.17, 15) is 9.18 Å². The lowest BCUT2D eigenvalue weighted by Crippen LogP contribution is -2.31. The lowest BCUT2D eigenvalue weighted by atomic mass is 10.1. The molecule has 0 saturated carbocycles. The second-order valence-electron chi connectivity index (χ2n) is 6.05. The quantitative estimate of drug-likeness (QED) is 0.870. The number of pyridine rings is 1. The van der Waals surface area contributed by atoms with E-state index in [2.05, 4.69) is 11.9 Å². The Morgan fingerprint density at radius 1 is 1.46 bits per heavy atom. The van der Waals surface area contributed by atoms with Crippen molar-refractivity contribution in [2.24, 2.45) is 0 Å². The standard InChI is InChI=1S/C18H20ClFN2O2/c1-12(19)11-22-17-8-15(20)5-4-13(17)7-14(18(22)23)9-21-10-16-3-2-6-24-16/h4-5,7-8,16,21H,1-3,6,9-11H2. The molecule has 0 bridgehead atoms. The van der Waals surface area contributed by atoms with Gasteiger partial charge in [-0.3, -0.25) is 4.79 Å². The van der Waals surface area contributed by atoms with Crippen LogP contribution in [0.15, 0.2) is 40.7 Å². The molecule has 1 unspecified atom stereocenters. The third-order valence-corrected chi connectivity index (χ3v) is 4.29. The van der Waals surface area contributed by atoms with Crippen molar-refractivity contribution in [2.45, 2.75) is 32.0 Å². The third-order valence-electron chi connectivity index (χ3n) is 4.17. The van der Waals surface area contributed by atoms with E-state index < -0.39 is 0 Å². The molecule has 4 nitrogen and oxygen atoms in total. The van der Waals surface area contributed by atoms with Crippen molar-refractivity contribution >= 4 is 22.5 Å². The first kappa shape index (κ1) is 17.1. The number of halogens is 2. The normalized spacial score (nSPS) is 17.5. The number of hydrogen-bond acceptors (Lipinski definition) is 3. The van der Waals surface area contributed by atoms with E-state index >= 15 is 0 Å². The van der Waals surface area contributed by atoms with Gasteiger partial charge < -0.3 is 14.6 Å². The molecule has 1 aliphatic heterocycles. The van der Waals surface area contributed by atoms with Gasteiger partial charge in [0.15, 0.2) is 0 Å². The molecule has 1 N–H and O–H groups in total. The Labute approximate surface area is 144 Å². The van der Waals surface area contributed by atoms with Crippen molar-refractivity contribution < 1.29 is 9.13 Å². The Kier molecular flexibility index (Phi) is 5.33. The van der Waals surface area contributed by atoms with Crippen molar-refractivity contribution in [3.05, 3.63) is 57.6 Å². The van der Waals surface area contributed by atoms with E-state index in [-0.39, 0.29) is 24.0 Å². The van der Waals surface area contributed by atoms with Crippen LogP contribution in [0.1, 0.15) is 18.4 Å². The van der Waals surface area contributed by atoms with Gasteiger partial charge in [0.1, 0.15) is 5.82 Å². The minimum Gasteiger partial charge on any atom is -0.377 e. The number of aromatic nitrogens is 1. The predicted octanol–water partition coefficient (Wildman–Crippen LogP) is 3.16. The molecule has 1 aromatic heterocycles. The van der Waals surface area contributed by atoms with Gasteiger partial charge in [0.2, 0.25) is 0 Å². The molecule has 1 aliphatic rings. The molecule has 6 heteroatoms. The zero-order valence-electron chi connectivity index (χ0n) is 13.4. The van der Waals surface area contributed by atoms with Crippen LogP contribution in [0.3, 0.4) is 0 Å². The number of allylic oxidation sites excluding steroid dienone is 1. The number of fused-ring (bicyclic) bond motifs is 1. The highest BCUT2D eigenvalue weighted by Crippen LogP contribution is 2.17. The van der Waals surface area contributed by atoms with Crippen LogP contribution >= 0.6 is 11.6 Å². The van der Waals surface area contributed by atoms with E-state index in [1.807, 2.05) is 0 Å². The van der Waals surface area contributed by atoms with Gasteiger partial charge in [0.25, 0.3) is 5.56 Å². The summed E-state index contributed by atoms with van der Waals surface area (Å²) in [6.07, 6.45) is 2.34. The lowest BCUT2D eigenvalue weighted by Gasteiger charge is -2.14.